The zero-order valence-electron chi connectivity index (χ0n) is 15.4. The largest absolute Gasteiger partial charge is 0.455 e. The average Bonchev–Trinajstić information content (AvgIpc) is 3.27. The van der Waals surface area contributed by atoms with Gasteiger partial charge in [-0.2, -0.15) is 11.8 Å². The van der Waals surface area contributed by atoms with E-state index in [1.807, 2.05) is 29.5 Å². The number of imidazole rings is 1. The second-order valence-corrected chi connectivity index (χ2v) is 8.39. The molecule has 0 spiro atoms. The van der Waals surface area contributed by atoms with Crippen LogP contribution in [0.3, 0.4) is 0 Å². The Labute approximate surface area is 159 Å². The maximum atomic E-state index is 12.8. The van der Waals surface area contributed by atoms with Gasteiger partial charge in [0.15, 0.2) is 5.76 Å². The second-order valence-electron chi connectivity index (χ2n) is 7.52. The van der Waals surface area contributed by atoms with E-state index in [0.717, 1.165) is 55.7 Å². The minimum atomic E-state index is 0.0131. The van der Waals surface area contributed by atoms with Crippen molar-refractivity contribution in [2.75, 3.05) is 19.3 Å². The summed E-state index contributed by atoms with van der Waals surface area (Å²) in [4.78, 5) is 19.4. The Morgan fingerprint density at radius 1 is 1.31 bits per heavy atom. The third-order valence-corrected chi connectivity index (χ3v) is 6.23. The maximum absolute atomic E-state index is 12.8. The number of aromatic nitrogens is 2. The highest BCUT2D eigenvalue weighted by Crippen LogP contribution is 2.31. The Balaban J connectivity index is 1.43. The summed E-state index contributed by atoms with van der Waals surface area (Å²) in [6.45, 7) is 2.62. The number of likely N-dealkylation sites (tertiary alicyclic amines) is 1. The molecule has 5 nitrogen and oxygen atoms in total. The van der Waals surface area contributed by atoms with Gasteiger partial charge in [-0.3, -0.25) is 4.79 Å². The summed E-state index contributed by atoms with van der Waals surface area (Å²) < 4.78 is 8.06. The lowest BCUT2D eigenvalue weighted by Crippen LogP contribution is -2.39. The van der Waals surface area contributed by atoms with Crippen molar-refractivity contribution in [3.8, 4) is 0 Å². The van der Waals surface area contributed by atoms with Gasteiger partial charge in [-0.1, -0.05) is 6.42 Å². The first-order valence-electron chi connectivity index (χ1n) is 9.62. The number of rotatable bonds is 6. The number of furan rings is 1. The molecule has 2 fully saturated rings. The molecular formula is C20H27N3O2S. The van der Waals surface area contributed by atoms with Crippen molar-refractivity contribution >= 4 is 17.7 Å². The number of amides is 1. The predicted octanol–water partition coefficient (Wildman–Crippen LogP) is 4.16. The standard InChI is InChI=1S/C20H27N3O2S/c1-26-14-17-7-8-18(25-17)20(24)23-10-3-6-16(13-23)19-21-9-11-22(19)12-15-4-2-5-15/h7-9,11,15-16H,2-6,10,12-14H2,1H3/t16-/m1/s1. The molecular weight excluding hydrogens is 346 g/mol. The molecule has 0 radical (unpaired) electrons. The summed E-state index contributed by atoms with van der Waals surface area (Å²) >= 11 is 1.70. The smallest absolute Gasteiger partial charge is 0.289 e. The molecule has 1 atom stereocenters. The van der Waals surface area contributed by atoms with E-state index in [1.54, 1.807) is 11.8 Å². The van der Waals surface area contributed by atoms with Crippen LogP contribution in [0.15, 0.2) is 28.9 Å². The summed E-state index contributed by atoms with van der Waals surface area (Å²) in [6, 6.07) is 3.73. The van der Waals surface area contributed by atoms with Gasteiger partial charge in [0.25, 0.3) is 5.91 Å². The zero-order valence-corrected chi connectivity index (χ0v) is 16.2. The first kappa shape index (κ1) is 17.7. The molecule has 140 valence electrons. The SMILES string of the molecule is CSCc1ccc(C(=O)N2CCC[C@@H](c3nccn3CC3CCC3)C2)o1. The van der Waals surface area contributed by atoms with Gasteiger partial charge in [-0.25, -0.2) is 4.98 Å². The van der Waals surface area contributed by atoms with E-state index >= 15 is 0 Å². The Kier molecular flexibility index (Phi) is 5.38. The van der Waals surface area contributed by atoms with Crippen molar-refractivity contribution in [2.24, 2.45) is 5.92 Å². The van der Waals surface area contributed by atoms with Gasteiger partial charge in [0.1, 0.15) is 11.6 Å². The van der Waals surface area contributed by atoms with Crippen LogP contribution in [0.2, 0.25) is 0 Å². The number of thioether (sulfide) groups is 1. The molecule has 1 aliphatic heterocycles. The van der Waals surface area contributed by atoms with Gasteiger partial charge in [0, 0.05) is 37.9 Å². The van der Waals surface area contributed by atoms with Gasteiger partial charge < -0.3 is 13.9 Å². The van der Waals surface area contributed by atoms with E-state index in [2.05, 4.69) is 15.7 Å². The van der Waals surface area contributed by atoms with Gasteiger partial charge >= 0.3 is 0 Å². The summed E-state index contributed by atoms with van der Waals surface area (Å²) in [5.74, 6) is 4.42. The fraction of sp³-hybridized carbons (Fsp3) is 0.600. The van der Waals surface area contributed by atoms with Crippen LogP contribution in [-0.2, 0) is 12.3 Å². The maximum Gasteiger partial charge on any atom is 0.289 e. The highest BCUT2D eigenvalue weighted by atomic mass is 32.2. The molecule has 1 saturated carbocycles. The molecule has 1 saturated heterocycles. The van der Waals surface area contributed by atoms with E-state index < -0.39 is 0 Å². The van der Waals surface area contributed by atoms with Crippen molar-refractivity contribution in [3.63, 3.8) is 0 Å². The van der Waals surface area contributed by atoms with Crippen LogP contribution < -0.4 is 0 Å². The van der Waals surface area contributed by atoms with Gasteiger partial charge in [0.2, 0.25) is 0 Å². The number of nitrogens with zero attached hydrogens (tertiary/aromatic N) is 3. The summed E-state index contributed by atoms with van der Waals surface area (Å²) in [6.07, 6.45) is 12.2. The predicted molar refractivity (Wildman–Crippen MR) is 103 cm³/mol. The number of hydrogen-bond donors (Lipinski definition) is 0. The first-order chi connectivity index (χ1) is 12.7. The van der Waals surface area contributed by atoms with Crippen molar-refractivity contribution in [1.29, 1.82) is 0 Å². The Hall–Kier alpha value is -1.69. The lowest BCUT2D eigenvalue weighted by Gasteiger charge is -2.33. The molecule has 0 unspecified atom stereocenters. The lowest BCUT2D eigenvalue weighted by atomic mass is 9.85. The topological polar surface area (TPSA) is 51.3 Å². The van der Waals surface area contributed by atoms with E-state index in [-0.39, 0.29) is 5.91 Å². The molecule has 3 heterocycles. The van der Waals surface area contributed by atoms with Gasteiger partial charge in [0.05, 0.1) is 5.75 Å². The third-order valence-electron chi connectivity index (χ3n) is 5.66. The van der Waals surface area contributed by atoms with E-state index in [0.29, 0.717) is 11.7 Å². The lowest BCUT2D eigenvalue weighted by molar-refractivity contribution is 0.0669. The van der Waals surface area contributed by atoms with E-state index in [1.165, 1.54) is 19.3 Å². The second kappa shape index (κ2) is 7.91. The van der Waals surface area contributed by atoms with E-state index in [9.17, 15) is 4.79 Å². The van der Waals surface area contributed by atoms with Crippen LogP contribution in [0.1, 0.15) is 60.2 Å². The third kappa shape index (κ3) is 3.70. The molecule has 0 N–H and O–H groups in total. The van der Waals surface area contributed by atoms with Gasteiger partial charge in [-0.05, 0) is 50.0 Å². The molecule has 4 rings (SSSR count). The van der Waals surface area contributed by atoms with Crippen molar-refractivity contribution in [1.82, 2.24) is 14.5 Å². The highest BCUT2D eigenvalue weighted by molar-refractivity contribution is 7.97. The number of carbonyl (C=O) groups excluding carboxylic acids is 1. The molecule has 26 heavy (non-hydrogen) atoms. The van der Waals surface area contributed by atoms with Crippen molar-refractivity contribution < 1.29 is 9.21 Å². The Morgan fingerprint density at radius 3 is 2.96 bits per heavy atom. The van der Waals surface area contributed by atoms with Crippen molar-refractivity contribution in [3.05, 3.63) is 41.9 Å². The first-order valence-corrected chi connectivity index (χ1v) is 11.0. The fourth-order valence-electron chi connectivity index (χ4n) is 4.03. The molecule has 0 bridgehead atoms. The van der Waals surface area contributed by atoms with E-state index in [4.69, 9.17) is 4.42 Å². The molecule has 0 aromatic carbocycles. The molecule has 6 heteroatoms. The minimum absolute atomic E-state index is 0.0131. The molecule has 2 aromatic heterocycles. The minimum Gasteiger partial charge on any atom is -0.455 e. The summed E-state index contributed by atoms with van der Waals surface area (Å²) in [5.41, 5.74) is 0. The van der Waals surface area contributed by atoms with Crippen LogP contribution in [-0.4, -0.2) is 39.7 Å². The van der Waals surface area contributed by atoms with Crippen molar-refractivity contribution in [2.45, 2.75) is 50.3 Å². The quantitative estimate of drug-likeness (QED) is 0.763. The summed E-state index contributed by atoms with van der Waals surface area (Å²) in [7, 11) is 0. The van der Waals surface area contributed by atoms with Crippen LogP contribution in [0.5, 0.6) is 0 Å². The Bertz CT molecular complexity index is 750. The molecule has 2 aromatic rings. The number of hydrogen-bond acceptors (Lipinski definition) is 4. The Morgan fingerprint density at radius 2 is 2.19 bits per heavy atom. The summed E-state index contributed by atoms with van der Waals surface area (Å²) in [5, 5.41) is 0. The molecule has 2 aliphatic rings. The zero-order chi connectivity index (χ0) is 17.9. The normalized spacial score (nSPS) is 21.0. The van der Waals surface area contributed by atoms with Crippen LogP contribution in [0.4, 0.5) is 0 Å². The number of piperidine rings is 1. The van der Waals surface area contributed by atoms with Crippen LogP contribution in [0.25, 0.3) is 0 Å². The van der Waals surface area contributed by atoms with Crippen LogP contribution >= 0.6 is 11.8 Å². The monoisotopic (exact) mass is 373 g/mol. The number of carbonyl (C=O) groups is 1. The highest BCUT2D eigenvalue weighted by Gasteiger charge is 2.30. The fourth-order valence-corrected chi connectivity index (χ4v) is 4.47. The molecule has 1 aliphatic carbocycles. The molecule has 1 amide bonds. The van der Waals surface area contributed by atoms with Crippen LogP contribution in [0, 0.1) is 5.92 Å². The average molecular weight is 374 g/mol. The van der Waals surface area contributed by atoms with Gasteiger partial charge in [-0.15, -0.1) is 0 Å².